The van der Waals surface area contributed by atoms with Crippen molar-refractivity contribution in [1.82, 2.24) is 0 Å². The topological polar surface area (TPSA) is 78.5 Å². The lowest BCUT2D eigenvalue weighted by atomic mass is 9.86. The quantitative estimate of drug-likeness (QED) is 0.822. The number of piperidine rings is 1. The van der Waals surface area contributed by atoms with E-state index in [1.807, 2.05) is 12.1 Å². The van der Waals surface area contributed by atoms with E-state index >= 15 is 0 Å². The molecular weight excluding hydrogens is 374 g/mol. The van der Waals surface area contributed by atoms with Crippen molar-refractivity contribution >= 4 is 33.0 Å². The third-order valence-electron chi connectivity index (χ3n) is 5.63. The van der Waals surface area contributed by atoms with E-state index in [2.05, 4.69) is 14.9 Å². The molecule has 1 saturated heterocycles. The lowest BCUT2D eigenvalue weighted by molar-refractivity contribution is -0.119. The second-order valence-electron chi connectivity index (χ2n) is 7.99. The van der Waals surface area contributed by atoms with Crippen LogP contribution in [0.15, 0.2) is 47.4 Å². The maximum absolute atomic E-state index is 12.9. The first-order valence-corrected chi connectivity index (χ1v) is 11.1. The molecule has 0 radical (unpaired) electrons. The van der Waals surface area contributed by atoms with Crippen LogP contribution in [0.5, 0.6) is 0 Å². The summed E-state index contributed by atoms with van der Waals surface area (Å²) in [6, 6.07) is 12.3. The van der Waals surface area contributed by atoms with Gasteiger partial charge in [0, 0.05) is 30.2 Å². The van der Waals surface area contributed by atoms with Crippen LogP contribution in [0.4, 0.5) is 17.1 Å². The van der Waals surface area contributed by atoms with E-state index in [0.717, 1.165) is 18.8 Å². The van der Waals surface area contributed by atoms with E-state index in [0.29, 0.717) is 16.9 Å². The molecule has 7 heteroatoms. The number of carbonyl (C=O) groups excluding carboxylic acids is 1. The first-order valence-electron chi connectivity index (χ1n) is 9.61. The molecule has 28 heavy (non-hydrogen) atoms. The molecule has 2 N–H and O–H groups in total. The Bertz CT molecular complexity index is 1010. The van der Waals surface area contributed by atoms with E-state index in [-0.39, 0.29) is 10.8 Å². The highest BCUT2D eigenvalue weighted by Crippen LogP contribution is 2.38. The number of rotatable bonds is 4. The monoisotopic (exact) mass is 399 g/mol. The standard InChI is InChI=1S/C21H25N3O3S/c1-21(2)18-14-17(10-11-19(18)22-20(21)25)28(26,27)23-15-6-8-16(9-7-15)24-12-4-3-5-13-24/h6-11,14,23H,3-5,12-13H2,1-2H3,(H,22,25). The Labute approximate surface area is 166 Å². The van der Waals surface area contributed by atoms with Crippen molar-refractivity contribution in [2.24, 2.45) is 0 Å². The molecule has 0 aliphatic carbocycles. The lowest BCUT2D eigenvalue weighted by Crippen LogP contribution is -2.29. The third kappa shape index (κ3) is 3.35. The number of hydrogen-bond acceptors (Lipinski definition) is 4. The van der Waals surface area contributed by atoms with Gasteiger partial charge in [-0.1, -0.05) is 0 Å². The van der Waals surface area contributed by atoms with Gasteiger partial charge in [0.05, 0.1) is 10.3 Å². The number of nitrogens with zero attached hydrogens (tertiary/aromatic N) is 1. The van der Waals surface area contributed by atoms with E-state index in [4.69, 9.17) is 0 Å². The minimum absolute atomic E-state index is 0.127. The number of benzene rings is 2. The van der Waals surface area contributed by atoms with Gasteiger partial charge in [-0.25, -0.2) is 8.42 Å². The summed E-state index contributed by atoms with van der Waals surface area (Å²) in [5.74, 6) is -0.127. The Morgan fingerprint density at radius 1 is 1.00 bits per heavy atom. The van der Waals surface area contributed by atoms with E-state index in [9.17, 15) is 13.2 Å². The predicted octanol–water partition coefficient (Wildman–Crippen LogP) is 3.71. The molecule has 2 aliphatic rings. The van der Waals surface area contributed by atoms with Gasteiger partial charge in [-0.15, -0.1) is 0 Å². The summed E-state index contributed by atoms with van der Waals surface area (Å²) >= 11 is 0. The van der Waals surface area contributed by atoms with Gasteiger partial charge in [0.2, 0.25) is 5.91 Å². The van der Waals surface area contributed by atoms with Crippen LogP contribution in [0.2, 0.25) is 0 Å². The highest BCUT2D eigenvalue weighted by molar-refractivity contribution is 7.92. The molecule has 1 fully saturated rings. The van der Waals surface area contributed by atoms with Gasteiger partial charge in [-0.05, 0) is 81.1 Å². The molecule has 2 aromatic rings. The fraction of sp³-hybridized carbons (Fsp3) is 0.381. The molecule has 0 atom stereocenters. The van der Waals surface area contributed by atoms with Crippen LogP contribution in [-0.4, -0.2) is 27.4 Å². The minimum atomic E-state index is -3.74. The average molecular weight is 400 g/mol. The second kappa shape index (κ2) is 6.81. The third-order valence-corrected chi connectivity index (χ3v) is 7.01. The molecule has 2 heterocycles. The zero-order chi connectivity index (χ0) is 19.9. The van der Waals surface area contributed by atoms with Crippen LogP contribution in [-0.2, 0) is 20.2 Å². The maximum atomic E-state index is 12.9. The van der Waals surface area contributed by atoms with Gasteiger partial charge in [-0.3, -0.25) is 9.52 Å². The molecule has 6 nitrogen and oxygen atoms in total. The number of carbonyl (C=O) groups is 1. The fourth-order valence-corrected chi connectivity index (χ4v) is 4.91. The van der Waals surface area contributed by atoms with Crippen molar-refractivity contribution in [2.45, 2.75) is 43.4 Å². The summed E-state index contributed by atoms with van der Waals surface area (Å²) in [6.45, 7) is 5.67. The molecule has 148 valence electrons. The predicted molar refractivity (Wildman–Crippen MR) is 111 cm³/mol. The van der Waals surface area contributed by atoms with Crippen molar-refractivity contribution in [1.29, 1.82) is 0 Å². The van der Waals surface area contributed by atoms with E-state index < -0.39 is 15.4 Å². The van der Waals surface area contributed by atoms with Crippen molar-refractivity contribution in [2.75, 3.05) is 28.0 Å². The maximum Gasteiger partial charge on any atom is 0.261 e. The Morgan fingerprint density at radius 3 is 2.36 bits per heavy atom. The first-order chi connectivity index (χ1) is 13.3. The first kappa shape index (κ1) is 18.8. The summed E-state index contributed by atoms with van der Waals surface area (Å²) in [7, 11) is -3.74. The fourth-order valence-electron chi connectivity index (χ4n) is 3.82. The highest BCUT2D eigenvalue weighted by atomic mass is 32.2. The lowest BCUT2D eigenvalue weighted by Gasteiger charge is -2.28. The van der Waals surface area contributed by atoms with E-state index in [1.54, 1.807) is 38.1 Å². The van der Waals surface area contributed by atoms with Gasteiger partial charge in [0.25, 0.3) is 10.0 Å². The van der Waals surface area contributed by atoms with Crippen molar-refractivity contribution in [3.8, 4) is 0 Å². The molecule has 0 bridgehead atoms. The number of anilines is 3. The van der Waals surface area contributed by atoms with Crippen LogP contribution in [0.3, 0.4) is 0 Å². The zero-order valence-corrected chi connectivity index (χ0v) is 17.0. The van der Waals surface area contributed by atoms with E-state index in [1.165, 1.54) is 25.3 Å². The summed E-state index contributed by atoms with van der Waals surface area (Å²) in [4.78, 5) is 14.6. The van der Waals surface area contributed by atoms with Gasteiger partial charge >= 0.3 is 0 Å². The minimum Gasteiger partial charge on any atom is -0.372 e. The SMILES string of the molecule is CC1(C)C(=O)Nc2ccc(S(=O)(=O)Nc3ccc(N4CCCCC4)cc3)cc21. The number of nitrogens with one attached hydrogen (secondary N) is 2. The molecule has 2 aromatic carbocycles. The number of amides is 1. The highest BCUT2D eigenvalue weighted by Gasteiger charge is 2.39. The number of hydrogen-bond donors (Lipinski definition) is 2. The Morgan fingerprint density at radius 2 is 1.68 bits per heavy atom. The van der Waals surface area contributed by atoms with Gasteiger partial charge in [0.15, 0.2) is 0 Å². The molecule has 2 aliphatic heterocycles. The van der Waals surface area contributed by atoms with Crippen LogP contribution < -0.4 is 14.9 Å². The summed E-state index contributed by atoms with van der Waals surface area (Å²) < 4.78 is 28.4. The molecule has 0 saturated carbocycles. The largest absolute Gasteiger partial charge is 0.372 e. The van der Waals surface area contributed by atoms with Gasteiger partial charge < -0.3 is 10.2 Å². The van der Waals surface area contributed by atoms with Gasteiger partial charge in [0.1, 0.15) is 0 Å². The molecule has 1 amide bonds. The van der Waals surface area contributed by atoms with Crippen LogP contribution >= 0.6 is 0 Å². The molecule has 4 rings (SSSR count). The smallest absolute Gasteiger partial charge is 0.261 e. The van der Waals surface area contributed by atoms with Crippen LogP contribution in [0.1, 0.15) is 38.7 Å². The van der Waals surface area contributed by atoms with Crippen molar-refractivity contribution < 1.29 is 13.2 Å². The Hall–Kier alpha value is -2.54. The van der Waals surface area contributed by atoms with Crippen LogP contribution in [0, 0.1) is 0 Å². The second-order valence-corrected chi connectivity index (χ2v) is 9.67. The van der Waals surface area contributed by atoms with Gasteiger partial charge in [-0.2, -0.15) is 0 Å². The zero-order valence-electron chi connectivity index (χ0n) is 16.2. The average Bonchev–Trinajstić information content (AvgIpc) is 2.91. The Balaban J connectivity index is 1.55. The van der Waals surface area contributed by atoms with Crippen molar-refractivity contribution in [3.05, 3.63) is 48.0 Å². The normalized spacial score (nSPS) is 18.5. The van der Waals surface area contributed by atoms with Crippen molar-refractivity contribution in [3.63, 3.8) is 0 Å². The Kier molecular flexibility index (Phi) is 4.57. The molecule has 0 unspecified atom stereocenters. The summed E-state index contributed by atoms with van der Waals surface area (Å²) in [5, 5.41) is 2.79. The summed E-state index contributed by atoms with van der Waals surface area (Å²) in [5.41, 5.74) is 2.25. The molecule has 0 aromatic heterocycles. The van der Waals surface area contributed by atoms with Crippen LogP contribution in [0.25, 0.3) is 0 Å². The number of sulfonamides is 1. The molecule has 0 spiro atoms. The molecular formula is C21H25N3O3S. The summed E-state index contributed by atoms with van der Waals surface area (Å²) in [6.07, 6.45) is 3.66. The number of fused-ring (bicyclic) bond motifs is 1.